The molecule has 0 bridgehead atoms. The molecule has 0 fully saturated rings. The molecule has 0 aliphatic carbocycles. The van der Waals surface area contributed by atoms with Gasteiger partial charge < -0.3 is 14.2 Å². The minimum Gasteiger partial charge on any atom is -0.462 e. The zero-order chi connectivity index (χ0) is 49.2. The van der Waals surface area contributed by atoms with E-state index in [1.54, 1.807) is 0 Å². The number of ether oxygens (including phenoxy) is 3. The highest BCUT2D eigenvalue weighted by atomic mass is 16.6. The summed E-state index contributed by atoms with van der Waals surface area (Å²) in [6, 6.07) is 0. The van der Waals surface area contributed by atoms with Crippen LogP contribution < -0.4 is 0 Å². The molecule has 1 unspecified atom stereocenters. The van der Waals surface area contributed by atoms with Crippen molar-refractivity contribution >= 4 is 11.9 Å². The van der Waals surface area contributed by atoms with E-state index >= 15 is 0 Å². The van der Waals surface area contributed by atoms with Crippen molar-refractivity contribution < 1.29 is 23.8 Å². The van der Waals surface area contributed by atoms with E-state index in [-0.39, 0.29) is 18.5 Å². The first-order chi connectivity index (χ1) is 33.6. The van der Waals surface area contributed by atoms with Crippen LogP contribution in [0.1, 0.15) is 355 Å². The summed E-state index contributed by atoms with van der Waals surface area (Å²) >= 11 is 0. The van der Waals surface area contributed by atoms with Gasteiger partial charge in [0.15, 0.2) is 6.10 Å². The normalized spacial score (nSPS) is 12.1. The zero-order valence-corrected chi connectivity index (χ0v) is 46.7. The lowest BCUT2D eigenvalue weighted by atomic mass is 10.0. The van der Waals surface area contributed by atoms with Gasteiger partial charge in [0.05, 0.1) is 6.61 Å². The van der Waals surface area contributed by atoms with Crippen molar-refractivity contribution in [3.8, 4) is 0 Å². The molecule has 0 aromatic heterocycles. The molecule has 68 heavy (non-hydrogen) atoms. The van der Waals surface area contributed by atoms with E-state index in [0.29, 0.717) is 26.1 Å². The standard InChI is InChI=1S/C63H122O5/c1-4-7-10-13-16-19-22-25-28-31-32-34-35-38-41-44-47-50-53-56-62(64)67-60-61(59-66-58-55-52-49-46-43-40-37-30-27-24-21-18-15-12-9-6-3)68-63(65)57-54-51-48-45-42-39-36-33-29-26-23-20-17-14-11-8-5-2/h25,28,61H,4-24,26-27,29-60H2,1-3H3/b28-25-. The molecule has 0 rings (SSSR count). The Bertz CT molecular complexity index is 994. The second kappa shape index (κ2) is 59.9. The Hall–Kier alpha value is -1.36. The third-order valence-electron chi connectivity index (χ3n) is 14.3. The molecule has 0 spiro atoms. The average Bonchev–Trinajstić information content (AvgIpc) is 3.34. The van der Waals surface area contributed by atoms with Crippen LogP contribution in [0.2, 0.25) is 0 Å². The highest BCUT2D eigenvalue weighted by molar-refractivity contribution is 5.70. The minimum absolute atomic E-state index is 0.0947. The van der Waals surface area contributed by atoms with Crippen LogP contribution in [0.25, 0.3) is 0 Å². The minimum atomic E-state index is -0.528. The molecule has 0 aliphatic rings. The molecule has 0 saturated heterocycles. The largest absolute Gasteiger partial charge is 0.462 e. The molecule has 5 heteroatoms. The summed E-state index contributed by atoms with van der Waals surface area (Å²) in [5, 5.41) is 0. The van der Waals surface area contributed by atoms with Crippen LogP contribution in [0.15, 0.2) is 12.2 Å². The summed E-state index contributed by atoms with van der Waals surface area (Å²) < 4.78 is 17.5. The molecule has 1 atom stereocenters. The molecule has 0 aromatic carbocycles. The molecule has 0 heterocycles. The molecular weight excluding hydrogens is 837 g/mol. The molecule has 5 nitrogen and oxygen atoms in total. The van der Waals surface area contributed by atoms with Gasteiger partial charge >= 0.3 is 11.9 Å². The molecule has 0 radical (unpaired) electrons. The van der Waals surface area contributed by atoms with Gasteiger partial charge in [-0.05, 0) is 44.9 Å². The Morgan fingerprint density at radius 3 is 0.897 bits per heavy atom. The molecule has 0 N–H and O–H groups in total. The Morgan fingerprint density at radius 2 is 0.574 bits per heavy atom. The van der Waals surface area contributed by atoms with Crippen molar-refractivity contribution in [2.75, 3.05) is 19.8 Å². The SMILES string of the molecule is CCCCCCCC/C=C\CCCCCCCCCCCC(=O)OCC(COCCCCCCCCCCCCCCCCCC)OC(=O)CCCCCCCCCCCCCCCCCCC. The van der Waals surface area contributed by atoms with E-state index in [2.05, 4.69) is 32.9 Å². The predicted octanol–water partition coefficient (Wildman–Crippen LogP) is 21.4. The maximum atomic E-state index is 12.9. The first kappa shape index (κ1) is 66.6. The van der Waals surface area contributed by atoms with Crippen LogP contribution in [0.5, 0.6) is 0 Å². The van der Waals surface area contributed by atoms with Crippen molar-refractivity contribution in [2.45, 2.75) is 361 Å². The van der Waals surface area contributed by atoms with Gasteiger partial charge in [0.1, 0.15) is 6.61 Å². The van der Waals surface area contributed by atoms with Crippen molar-refractivity contribution in [2.24, 2.45) is 0 Å². The topological polar surface area (TPSA) is 61.8 Å². The second-order valence-corrected chi connectivity index (χ2v) is 21.3. The zero-order valence-electron chi connectivity index (χ0n) is 46.7. The van der Waals surface area contributed by atoms with Crippen molar-refractivity contribution in [1.82, 2.24) is 0 Å². The number of carbonyl (C=O) groups is 2. The van der Waals surface area contributed by atoms with Crippen LogP contribution >= 0.6 is 0 Å². The van der Waals surface area contributed by atoms with Gasteiger partial charge in [-0.1, -0.05) is 309 Å². The molecular formula is C63H122O5. The summed E-state index contributed by atoms with van der Waals surface area (Å²) in [4.78, 5) is 25.6. The van der Waals surface area contributed by atoms with E-state index in [1.807, 2.05) is 0 Å². The quantitative estimate of drug-likeness (QED) is 0.0345. The van der Waals surface area contributed by atoms with Crippen LogP contribution in [0.3, 0.4) is 0 Å². The fourth-order valence-corrected chi connectivity index (χ4v) is 9.63. The van der Waals surface area contributed by atoms with Gasteiger partial charge in [-0.15, -0.1) is 0 Å². The highest BCUT2D eigenvalue weighted by Crippen LogP contribution is 2.18. The number of hydrogen-bond acceptors (Lipinski definition) is 5. The predicted molar refractivity (Wildman–Crippen MR) is 298 cm³/mol. The number of hydrogen-bond donors (Lipinski definition) is 0. The Morgan fingerprint density at radius 1 is 0.309 bits per heavy atom. The lowest BCUT2D eigenvalue weighted by Crippen LogP contribution is -2.30. The van der Waals surface area contributed by atoms with Crippen LogP contribution in [-0.2, 0) is 23.8 Å². The lowest BCUT2D eigenvalue weighted by Gasteiger charge is -2.18. The first-order valence-electron chi connectivity index (χ1n) is 31.2. The molecule has 404 valence electrons. The van der Waals surface area contributed by atoms with Gasteiger partial charge in [0, 0.05) is 19.4 Å². The smallest absolute Gasteiger partial charge is 0.306 e. The van der Waals surface area contributed by atoms with E-state index in [9.17, 15) is 9.59 Å². The summed E-state index contributed by atoms with van der Waals surface area (Å²) in [5.41, 5.74) is 0. The summed E-state index contributed by atoms with van der Waals surface area (Å²) in [5.74, 6) is -0.369. The molecule has 0 amide bonds. The number of unbranched alkanes of at least 4 members (excludes halogenated alkanes) is 46. The number of allylic oxidation sites excluding steroid dienone is 2. The third kappa shape index (κ3) is 57.2. The first-order valence-corrected chi connectivity index (χ1v) is 31.2. The van der Waals surface area contributed by atoms with Crippen LogP contribution in [0, 0.1) is 0 Å². The van der Waals surface area contributed by atoms with E-state index < -0.39 is 6.10 Å². The summed E-state index contributed by atoms with van der Waals surface area (Å²) in [6.45, 7) is 7.92. The van der Waals surface area contributed by atoms with Gasteiger partial charge in [-0.25, -0.2) is 0 Å². The number of carbonyl (C=O) groups excluding carboxylic acids is 2. The molecule has 0 aliphatic heterocycles. The Kier molecular flexibility index (Phi) is 58.7. The second-order valence-electron chi connectivity index (χ2n) is 21.3. The maximum absolute atomic E-state index is 12.9. The summed E-state index contributed by atoms with van der Waals surface area (Å²) in [7, 11) is 0. The number of rotatable bonds is 59. The van der Waals surface area contributed by atoms with Crippen molar-refractivity contribution in [3.63, 3.8) is 0 Å². The molecule has 0 aromatic rings. The van der Waals surface area contributed by atoms with Gasteiger partial charge in [-0.2, -0.15) is 0 Å². The fraction of sp³-hybridized carbons (Fsp3) is 0.937. The van der Waals surface area contributed by atoms with Crippen LogP contribution in [-0.4, -0.2) is 37.9 Å². The molecule has 0 saturated carbocycles. The number of esters is 2. The summed E-state index contributed by atoms with van der Waals surface area (Å²) in [6.07, 6.45) is 71.0. The Balaban J connectivity index is 4.19. The van der Waals surface area contributed by atoms with E-state index in [4.69, 9.17) is 14.2 Å². The lowest BCUT2D eigenvalue weighted by molar-refractivity contribution is -0.163. The van der Waals surface area contributed by atoms with Crippen molar-refractivity contribution in [1.29, 1.82) is 0 Å². The fourth-order valence-electron chi connectivity index (χ4n) is 9.63. The highest BCUT2D eigenvalue weighted by Gasteiger charge is 2.18. The third-order valence-corrected chi connectivity index (χ3v) is 14.3. The maximum Gasteiger partial charge on any atom is 0.306 e. The van der Waals surface area contributed by atoms with E-state index in [1.165, 1.54) is 289 Å². The van der Waals surface area contributed by atoms with E-state index in [0.717, 1.165) is 32.1 Å². The van der Waals surface area contributed by atoms with Crippen LogP contribution in [0.4, 0.5) is 0 Å². The average molecular weight is 960 g/mol. The Labute approximate surface area is 426 Å². The van der Waals surface area contributed by atoms with Crippen molar-refractivity contribution in [3.05, 3.63) is 12.2 Å². The van der Waals surface area contributed by atoms with Gasteiger partial charge in [-0.3, -0.25) is 9.59 Å². The van der Waals surface area contributed by atoms with Gasteiger partial charge in [0.2, 0.25) is 0 Å². The monoisotopic (exact) mass is 959 g/mol. The van der Waals surface area contributed by atoms with Gasteiger partial charge in [0.25, 0.3) is 0 Å².